The van der Waals surface area contributed by atoms with Crippen LogP contribution < -0.4 is 0 Å². The summed E-state index contributed by atoms with van der Waals surface area (Å²) in [6, 6.07) is 19.8. The van der Waals surface area contributed by atoms with Crippen LogP contribution in [0, 0.1) is 6.92 Å². The van der Waals surface area contributed by atoms with Gasteiger partial charge < -0.3 is 14.1 Å². The minimum Gasteiger partial charge on any atom is -0.379 e. The molecule has 220 valence electrons. The quantitative estimate of drug-likeness (QED) is 0.0902. The largest absolute Gasteiger partial charge is 0.379 e. The van der Waals surface area contributed by atoms with Gasteiger partial charge in [0, 0.05) is 46.1 Å². The molecule has 1 atom stereocenters. The average Bonchev–Trinajstić information content (AvgIpc) is 3.34. The summed E-state index contributed by atoms with van der Waals surface area (Å²) >= 11 is 0. The number of carbonyl (C=O) groups excluding carboxylic acids is 2. The van der Waals surface area contributed by atoms with Crippen molar-refractivity contribution in [2.24, 2.45) is 5.16 Å². The molecule has 0 bridgehead atoms. The molecule has 3 aromatic carbocycles. The van der Waals surface area contributed by atoms with Crippen LogP contribution in [0.1, 0.15) is 74.0 Å². The molecule has 0 N–H and O–H groups in total. The van der Waals surface area contributed by atoms with E-state index in [-0.39, 0.29) is 12.4 Å². The number of piperidine rings is 1. The highest BCUT2D eigenvalue weighted by Crippen LogP contribution is 2.32. The van der Waals surface area contributed by atoms with Crippen molar-refractivity contribution in [2.45, 2.75) is 66.0 Å². The topological polar surface area (TPSA) is 73.1 Å². The van der Waals surface area contributed by atoms with E-state index in [1.165, 1.54) is 6.42 Å². The highest BCUT2D eigenvalue weighted by Gasteiger charge is 2.42. The number of aryl methyl sites for hydroxylation is 2. The van der Waals surface area contributed by atoms with Crippen LogP contribution in [0.5, 0.6) is 0 Å². The van der Waals surface area contributed by atoms with Gasteiger partial charge in [-0.2, -0.15) is 0 Å². The molecule has 0 amide bonds. The molecule has 1 unspecified atom stereocenters. The first-order valence-corrected chi connectivity index (χ1v) is 15.0. The third-order valence-corrected chi connectivity index (χ3v) is 8.60. The van der Waals surface area contributed by atoms with E-state index in [9.17, 15) is 9.59 Å². The number of aromatic nitrogens is 1. The summed E-state index contributed by atoms with van der Waals surface area (Å²) in [5, 5.41) is 6.33. The van der Waals surface area contributed by atoms with Gasteiger partial charge in [0.2, 0.25) is 0 Å². The fraction of sp³-hybridized carbons (Fsp3) is 0.400. The second-order valence-electron chi connectivity index (χ2n) is 11.4. The summed E-state index contributed by atoms with van der Waals surface area (Å²) in [5.74, 6) is -0.391. The molecule has 7 nitrogen and oxygen atoms in total. The number of ether oxygens (including phenoxy) is 1. The van der Waals surface area contributed by atoms with Crippen LogP contribution in [0.15, 0.2) is 65.8 Å². The van der Waals surface area contributed by atoms with Crippen molar-refractivity contribution in [2.75, 3.05) is 26.3 Å². The number of likely N-dealkylation sites (tertiary alicyclic amines) is 1. The SMILES string of the molecule is CCOCC(C)(C(=O)ON=C(C)c1ccc2c(c1)c1cc(C(=O)c3ccccc3C)ccc1n2CC)N1CCCCC1. The summed E-state index contributed by atoms with van der Waals surface area (Å²) in [6.45, 7) is 13.0. The van der Waals surface area contributed by atoms with Gasteiger partial charge in [0.1, 0.15) is 5.54 Å². The molecule has 2 heterocycles. The number of carbonyl (C=O) groups is 2. The van der Waals surface area contributed by atoms with Gasteiger partial charge in [0.25, 0.3) is 0 Å². The number of hydrogen-bond donors (Lipinski definition) is 0. The molecule has 0 saturated carbocycles. The molecule has 1 saturated heterocycles. The molecular formula is C35H41N3O4. The Morgan fingerprint density at radius 3 is 2.19 bits per heavy atom. The lowest BCUT2D eigenvalue weighted by Crippen LogP contribution is -2.57. The molecular weight excluding hydrogens is 526 g/mol. The van der Waals surface area contributed by atoms with E-state index in [2.05, 4.69) is 33.7 Å². The fourth-order valence-electron chi connectivity index (χ4n) is 6.02. The van der Waals surface area contributed by atoms with Gasteiger partial charge in [-0.25, -0.2) is 4.79 Å². The molecule has 1 aliphatic heterocycles. The Kier molecular flexibility index (Phi) is 8.90. The lowest BCUT2D eigenvalue weighted by atomic mass is 9.97. The predicted octanol–water partition coefficient (Wildman–Crippen LogP) is 6.90. The van der Waals surface area contributed by atoms with Crippen LogP contribution in [0.25, 0.3) is 21.8 Å². The van der Waals surface area contributed by atoms with E-state index in [0.717, 1.165) is 65.4 Å². The van der Waals surface area contributed by atoms with E-state index < -0.39 is 11.5 Å². The Morgan fingerprint density at radius 1 is 0.905 bits per heavy atom. The van der Waals surface area contributed by atoms with Crippen molar-refractivity contribution >= 4 is 39.3 Å². The van der Waals surface area contributed by atoms with Crippen LogP contribution in [-0.4, -0.2) is 58.8 Å². The average molecular weight is 568 g/mol. The Balaban J connectivity index is 1.47. The summed E-state index contributed by atoms with van der Waals surface area (Å²) in [5.41, 5.74) is 5.04. The monoisotopic (exact) mass is 567 g/mol. The van der Waals surface area contributed by atoms with Crippen LogP contribution >= 0.6 is 0 Å². The zero-order chi connectivity index (χ0) is 29.9. The number of oxime groups is 1. The maximum Gasteiger partial charge on any atom is 0.357 e. The van der Waals surface area contributed by atoms with E-state index in [1.54, 1.807) is 0 Å². The number of nitrogens with zero attached hydrogens (tertiary/aromatic N) is 3. The maximum atomic E-state index is 13.4. The number of hydrogen-bond acceptors (Lipinski definition) is 6. The van der Waals surface area contributed by atoms with Crippen LogP contribution in [0.3, 0.4) is 0 Å². The van der Waals surface area contributed by atoms with Crippen LogP contribution in [0.2, 0.25) is 0 Å². The van der Waals surface area contributed by atoms with Crippen molar-refractivity contribution in [3.63, 3.8) is 0 Å². The minimum absolute atomic E-state index is 0.0111. The lowest BCUT2D eigenvalue weighted by Gasteiger charge is -2.40. The van der Waals surface area contributed by atoms with Crippen LogP contribution in [0.4, 0.5) is 0 Å². The van der Waals surface area contributed by atoms with E-state index in [0.29, 0.717) is 23.4 Å². The lowest BCUT2D eigenvalue weighted by molar-refractivity contribution is -0.162. The van der Waals surface area contributed by atoms with E-state index in [4.69, 9.17) is 9.57 Å². The molecule has 1 aliphatic rings. The molecule has 42 heavy (non-hydrogen) atoms. The first-order valence-electron chi connectivity index (χ1n) is 15.0. The predicted molar refractivity (Wildman–Crippen MR) is 168 cm³/mol. The van der Waals surface area contributed by atoms with Crippen molar-refractivity contribution in [3.8, 4) is 0 Å². The first-order chi connectivity index (χ1) is 20.3. The third-order valence-electron chi connectivity index (χ3n) is 8.60. The second-order valence-corrected chi connectivity index (χ2v) is 11.4. The molecule has 0 aliphatic carbocycles. The molecule has 1 fully saturated rings. The Labute approximate surface area is 248 Å². The number of benzene rings is 3. The molecule has 7 heteroatoms. The first kappa shape index (κ1) is 29.7. The summed E-state index contributed by atoms with van der Waals surface area (Å²) < 4.78 is 7.96. The fourth-order valence-corrected chi connectivity index (χ4v) is 6.02. The Hall–Kier alpha value is -3.81. The van der Waals surface area contributed by atoms with Gasteiger partial charge in [-0.3, -0.25) is 9.69 Å². The van der Waals surface area contributed by atoms with Crippen molar-refractivity contribution in [1.82, 2.24) is 9.47 Å². The van der Waals surface area contributed by atoms with Crippen molar-refractivity contribution in [3.05, 3.63) is 82.9 Å². The summed E-state index contributed by atoms with van der Waals surface area (Å²) in [6.07, 6.45) is 3.29. The smallest absolute Gasteiger partial charge is 0.357 e. The normalized spacial score (nSPS) is 16.1. The molecule has 4 aromatic rings. The third kappa shape index (κ3) is 5.63. The van der Waals surface area contributed by atoms with Gasteiger partial charge in [0.15, 0.2) is 5.78 Å². The van der Waals surface area contributed by atoms with Crippen molar-refractivity contribution in [1.29, 1.82) is 0 Å². The van der Waals surface area contributed by atoms with E-state index >= 15 is 0 Å². The minimum atomic E-state index is -0.890. The van der Waals surface area contributed by atoms with Crippen molar-refractivity contribution < 1.29 is 19.2 Å². The van der Waals surface area contributed by atoms with Gasteiger partial charge in [0.05, 0.1) is 12.3 Å². The molecule has 1 aromatic heterocycles. The number of rotatable bonds is 10. The van der Waals surface area contributed by atoms with Crippen LogP contribution in [-0.2, 0) is 20.9 Å². The second kappa shape index (κ2) is 12.6. The number of ketones is 1. The Morgan fingerprint density at radius 2 is 1.55 bits per heavy atom. The highest BCUT2D eigenvalue weighted by atomic mass is 16.7. The van der Waals surface area contributed by atoms with E-state index in [1.807, 2.05) is 76.2 Å². The zero-order valence-electron chi connectivity index (χ0n) is 25.4. The zero-order valence-corrected chi connectivity index (χ0v) is 25.4. The number of fused-ring (bicyclic) bond motifs is 3. The van der Waals surface area contributed by atoms with Gasteiger partial charge >= 0.3 is 5.97 Å². The Bertz CT molecular complexity index is 1650. The summed E-state index contributed by atoms with van der Waals surface area (Å²) in [7, 11) is 0. The van der Waals surface area contributed by atoms with Gasteiger partial charge in [-0.15, -0.1) is 0 Å². The highest BCUT2D eigenvalue weighted by molar-refractivity contribution is 6.16. The molecule has 0 radical (unpaired) electrons. The van der Waals surface area contributed by atoms with Gasteiger partial charge in [-0.05, 0) is 102 Å². The molecule has 5 rings (SSSR count). The van der Waals surface area contributed by atoms with Gasteiger partial charge in [-0.1, -0.05) is 41.9 Å². The standard InChI is InChI=1S/C35H41N3O4/c1-6-38-31-17-15-26(25(4)36-42-34(40)35(5,23-41-7-2)37-19-11-8-12-20-37)21-29(31)30-22-27(16-18-32(30)38)33(39)28-14-10-9-13-24(28)3/h9-10,13-18,21-22H,6-8,11-12,19-20,23H2,1-5H3. The maximum absolute atomic E-state index is 13.4. The molecule has 0 spiro atoms. The summed E-state index contributed by atoms with van der Waals surface area (Å²) in [4.78, 5) is 34.6.